The molecule has 0 saturated heterocycles. The Morgan fingerprint density at radius 1 is 1.25 bits per heavy atom. The molecule has 1 aromatic heterocycles. The fraction of sp³-hybridized carbons (Fsp3) is 0.438. The van der Waals surface area contributed by atoms with Gasteiger partial charge in [-0.25, -0.2) is 4.39 Å². The van der Waals surface area contributed by atoms with Crippen LogP contribution in [0.25, 0.3) is 0 Å². The molecule has 3 nitrogen and oxygen atoms in total. The van der Waals surface area contributed by atoms with E-state index >= 15 is 0 Å². The van der Waals surface area contributed by atoms with Crippen molar-refractivity contribution in [3.63, 3.8) is 0 Å². The third kappa shape index (κ3) is 3.07. The highest BCUT2D eigenvalue weighted by molar-refractivity contribution is 5.26. The Balaban J connectivity index is 2.27. The van der Waals surface area contributed by atoms with E-state index in [2.05, 4.69) is 25.0 Å². The van der Waals surface area contributed by atoms with Gasteiger partial charge in [-0.3, -0.25) is 4.68 Å². The van der Waals surface area contributed by atoms with Gasteiger partial charge in [0.05, 0.1) is 5.69 Å². The standard InChI is InChI=1S/C16H22FN3/c1-4-14-10-15(20(5-2)19-14)11-16(3,18)12-6-8-13(17)9-7-12/h6-10H,4-5,11,18H2,1-3H3. The summed E-state index contributed by atoms with van der Waals surface area (Å²) in [6, 6.07) is 8.52. The fourth-order valence-electron chi connectivity index (χ4n) is 2.41. The average Bonchev–Trinajstić information content (AvgIpc) is 2.80. The molecule has 0 saturated carbocycles. The summed E-state index contributed by atoms with van der Waals surface area (Å²) in [6.45, 7) is 6.96. The minimum absolute atomic E-state index is 0.239. The van der Waals surface area contributed by atoms with Crippen LogP contribution in [0.3, 0.4) is 0 Å². The second kappa shape index (κ2) is 5.75. The lowest BCUT2D eigenvalue weighted by Gasteiger charge is -2.25. The molecule has 2 rings (SSSR count). The molecule has 1 atom stereocenters. The van der Waals surface area contributed by atoms with Gasteiger partial charge in [0.1, 0.15) is 5.82 Å². The van der Waals surface area contributed by atoms with Gasteiger partial charge in [-0.2, -0.15) is 5.10 Å². The third-order valence-corrected chi connectivity index (χ3v) is 3.63. The molecular weight excluding hydrogens is 253 g/mol. The Bertz CT molecular complexity index is 570. The van der Waals surface area contributed by atoms with Crippen molar-refractivity contribution < 1.29 is 4.39 Å². The van der Waals surface area contributed by atoms with Crippen LogP contribution < -0.4 is 5.73 Å². The van der Waals surface area contributed by atoms with Gasteiger partial charge in [-0.15, -0.1) is 0 Å². The van der Waals surface area contributed by atoms with Crippen molar-refractivity contribution in [2.45, 2.75) is 45.7 Å². The van der Waals surface area contributed by atoms with Crippen molar-refractivity contribution in [1.29, 1.82) is 0 Å². The van der Waals surface area contributed by atoms with E-state index in [1.165, 1.54) is 12.1 Å². The smallest absolute Gasteiger partial charge is 0.123 e. The minimum atomic E-state index is -0.536. The summed E-state index contributed by atoms with van der Waals surface area (Å²) in [5, 5.41) is 4.54. The van der Waals surface area contributed by atoms with Crippen LogP contribution in [0.2, 0.25) is 0 Å². The number of nitrogens with two attached hydrogens (primary N) is 1. The van der Waals surface area contributed by atoms with Crippen molar-refractivity contribution in [3.05, 3.63) is 53.1 Å². The summed E-state index contributed by atoms with van der Waals surface area (Å²) in [4.78, 5) is 0. The van der Waals surface area contributed by atoms with E-state index in [4.69, 9.17) is 5.73 Å². The highest BCUT2D eigenvalue weighted by atomic mass is 19.1. The zero-order chi connectivity index (χ0) is 14.8. The highest BCUT2D eigenvalue weighted by Gasteiger charge is 2.24. The van der Waals surface area contributed by atoms with E-state index < -0.39 is 5.54 Å². The molecule has 20 heavy (non-hydrogen) atoms. The van der Waals surface area contributed by atoms with Crippen LogP contribution in [0.1, 0.15) is 37.7 Å². The summed E-state index contributed by atoms with van der Waals surface area (Å²) in [6.07, 6.45) is 1.59. The number of nitrogens with zero attached hydrogens (tertiary/aromatic N) is 2. The summed E-state index contributed by atoms with van der Waals surface area (Å²) >= 11 is 0. The van der Waals surface area contributed by atoms with Crippen LogP contribution in [-0.4, -0.2) is 9.78 Å². The van der Waals surface area contributed by atoms with Crippen LogP contribution >= 0.6 is 0 Å². The van der Waals surface area contributed by atoms with Crippen LogP contribution in [0.5, 0.6) is 0 Å². The maximum Gasteiger partial charge on any atom is 0.123 e. The maximum absolute atomic E-state index is 13.0. The molecule has 0 amide bonds. The van der Waals surface area contributed by atoms with Crippen LogP contribution in [0, 0.1) is 5.82 Å². The van der Waals surface area contributed by atoms with Crippen molar-refractivity contribution in [2.75, 3.05) is 0 Å². The SMILES string of the molecule is CCc1cc(CC(C)(N)c2ccc(F)cc2)n(CC)n1. The monoisotopic (exact) mass is 275 g/mol. The number of hydrogen-bond acceptors (Lipinski definition) is 2. The number of benzene rings is 1. The molecule has 4 heteroatoms. The Morgan fingerprint density at radius 2 is 1.90 bits per heavy atom. The third-order valence-electron chi connectivity index (χ3n) is 3.63. The highest BCUT2D eigenvalue weighted by Crippen LogP contribution is 2.23. The molecule has 2 N–H and O–H groups in total. The first-order valence-corrected chi connectivity index (χ1v) is 7.06. The van der Waals surface area contributed by atoms with Gasteiger partial charge >= 0.3 is 0 Å². The molecule has 108 valence electrons. The molecule has 1 aromatic carbocycles. The zero-order valence-electron chi connectivity index (χ0n) is 12.4. The summed E-state index contributed by atoms with van der Waals surface area (Å²) in [5.41, 5.74) is 9.03. The molecule has 0 spiro atoms. The molecule has 1 heterocycles. The van der Waals surface area contributed by atoms with Gasteiger partial charge in [-0.1, -0.05) is 19.1 Å². The first-order valence-electron chi connectivity index (χ1n) is 7.06. The second-order valence-corrected chi connectivity index (χ2v) is 5.40. The zero-order valence-corrected chi connectivity index (χ0v) is 12.4. The fourth-order valence-corrected chi connectivity index (χ4v) is 2.41. The second-order valence-electron chi connectivity index (χ2n) is 5.40. The molecule has 0 fully saturated rings. The minimum Gasteiger partial charge on any atom is -0.321 e. The topological polar surface area (TPSA) is 43.8 Å². The van der Waals surface area contributed by atoms with Crippen molar-refractivity contribution in [3.8, 4) is 0 Å². The average molecular weight is 275 g/mol. The number of aryl methyl sites for hydroxylation is 2. The van der Waals surface area contributed by atoms with Gasteiger partial charge in [-0.05, 0) is 44.0 Å². The molecule has 2 aromatic rings. The predicted octanol–water partition coefficient (Wildman–Crippen LogP) is 3.02. The lowest BCUT2D eigenvalue weighted by Crippen LogP contribution is -2.36. The Hall–Kier alpha value is -1.68. The van der Waals surface area contributed by atoms with E-state index in [0.717, 1.165) is 29.9 Å². The van der Waals surface area contributed by atoms with Crippen molar-refractivity contribution in [2.24, 2.45) is 5.73 Å². The normalized spacial score (nSPS) is 14.2. The van der Waals surface area contributed by atoms with Gasteiger partial charge in [0.25, 0.3) is 0 Å². The number of rotatable bonds is 5. The van der Waals surface area contributed by atoms with E-state index in [-0.39, 0.29) is 5.82 Å². The van der Waals surface area contributed by atoms with Crippen LogP contribution in [0.4, 0.5) is 4.39 Å². The molecule has 0 radical (unpaired) electrons. The maximum atomic E-state index is 13.0. The largest absolute Gasteiger partial charge is 0.321 e. The summed E-state index contributed by atoms with van der Waals surface area (Å²) in [5.74, 6) is -0.239. The Labute approximate surface area is 119 Å². The molecular formula is C16H22FN3. The van der Waals surface area contributed by atoms with Crippen LogP contribution in [-0.2, 0) is 24.9 Å². The number of halogens is 1. The van der Waals surface area contributed by atoms with Crippen molar-refractivity contribution in [1.82, 2.24) is 9.78 Å². The van der Waals surface area contributed by atoms with E-state index in [1.54, 1.807) is 12.1 Å². The Morgan fingerprint density at radius 3 is 2.45 bits per heavy atom. The van der Waals surface area contributed by atoms with Gasteiger partial charge in [0.15, 0.2) is 0 Å². The summed E-state index contributed by atoms with van der Waals surface area (Å²) < 4.78 is 15.0. The molecule has 0 aliphatic carbocycles. The predicted molar refractivity (Wildman–Crippen MR) is 78.9 cm³/mol. The van der Waals surface area contributed by atoms with Gasteiger partial charge < -0.3 is 5.73 Å². The van der Waals surface area contributed by atoms with E-state index in [1.807, 2.05) is 11.6 Å². The quantitative estimate of drug-likeness (QED) is 0.911. The first-order chi connectivity index (χ1) is 9.46. The lowest BCUT2D eigenvalue weighted by atomic mass is 9.88. The molecule has 0 bridgehead atoms. The molecule has 0 aliphatic heterocycles. The van der Waals surface area contributed by atoms with E-state index in [0.29, 0.717) is 6.42 Å². The van der Waals surface area contributed by atoms with Gasteiger partial charge in [0, 0.05) is 24.2 Å². The first kappa shape index (κ1) is 14.7. The van der Waals surface area contributed by atoms with Gasteiger partial charge in [0.2, 0.25) is 0 Å². The molecule has 0 aliphatic rings. The number of aromatic nitrogens is 2. The summed E-state index contributed by atoms with van der Waals surface area (Å²) in [7, 11) is 0. The number of hydrogen-bond donors (Lipinski definition) is 1. The lowest BCUT2D eigenvalue weighted by molar-refractivity contribution is 0.462. The van der Waals surface area contributed by atoms with E-state index in [9.17, 15) is 4.39 Å². The van der Waals surface area contributed by atoms with Crippen molar-refractivity contribution >= 4 is 0 Å². The molecule has 1 unspecified atom stereocenters. The van der Waals surface area contributed by atoms with Crippen LogP contribution in [0.15, 0.2) is 30.3 Å². The Kier molecular flexibility index (Phi) is 4.23.